The number of carbonyl (C=O) groups excluding carboxylic acids is 2. The summed E-state index contributed by atoms with van der Waals surface area (Å²) in [6, 6.07) is 3.41. The molecule has 1 aliphatic heterocycles. The molecule has 0 saturated heterocycles. The van der Waals surface area contributed by atoms with Crippen molar-refractivity contribution in [3.8, 4) is 5.75 Å². The Morgan fingerprint density at radius 1 is 1.38 bits per heavy atom. The second-order valence-corrected chi connectivity index (χ2v) is 6.12. The van der Waals surface area contributed by atoms with Gasteiger partial charge in [0.1, 0.15) is 12.2 Å². The van der Waals surface area contributed by atoms with E-state index in [0.717, 1.165) is 0 Å². The van der Waals surface area contributed by atoms with E-state index in [1.807, 2.05) is 0 Å². The lowest BCUT2D eigenvalue weighted by Crippen LogP contribution is -2.42. The third-order valence-corrected chi connectivity index (χ3v) is 2.98. The van der Waals surface area contributed by atoms with Crippen LogP contribution in [0.5, 0.6) is 5.75 Å². The molecular weight excluding hydrogens is 312 g/mol. The van der Waals surface area contributed by atoms with E-state index in [4.69, 9.17) is 14.2 Å². The molecule has 0 aromatic carbocycles. The lowest BCUT2D eigenvalue weighted by atomic mass is 10.2. The van der Waals surface area contributed by atoms with Crippen LogP contribution in [0.15, 0.2) is 18.2 Å². The van der Waals surface area contributed by atoms with E-state index < -0.39 is 17.7 Å². The molecule has 2 rings (SSSR count). The number of carbonyl (C=O) groups is 2. The summed E-state index contributed by atoms with van der Waals surface area (Å²) in [6.45, 7) is 8.17. The van der Waals surface area contributed by atoms with Gasteiger partial charge in [0.15, 0.2) is 11.6 Å². The van der Waals surface area contributed by atoms with Crippen molar-refractivity contribution < 1.29 is 23.8 Å². The number of nitrogens with zero attached hydrogens (tertiary/aromatic N) is 2. The first-order valence-corrected chi connectivity index (χ1v) is 7.79. The van der Waals surface area contributed by atoms with Crippen LogP contribution in [-0.4, -0.2) is 42.4 Å². The number of hydrogen-bond acceptors (Lipinski definition) is 6. The van der Waals surface area contributed by atoms with Crippen LogP contribution in [-0.2, 0) is 14.3 Å². The molecule has 0 unspecified atom stereocenters. The number of rotatable bonds is 3. The minimum Gasteiger partial charge on any atom is -0.488 e. The zero-order chi connectivity index (χ0) is 17.7. The molecule has 0 fully saturated rings. The quantitative estimate of drug-likeness (QED) is 0.625. The molecule has 1 aromatic heterocycles. The number of ether oxygens (including phenoxy) is 3. The fraction of sp³-hybridized carbons (Fsp3) is 0.471. The van der Waals surface area contributed by atoms with E-state index in [1.54, 1.807) is 39.8 Å². The molecule has 130 valence electrons. The third kappa shape index (κ3) is 4.71. The Kier molecular flexibility index (Phi) is 5.43. The summed E-state index contributed by atoms with van der Waals surface area (Å²) in [7, 11) is 0. The number of amides is 1. The maximum Gasteiger partial charge on any atom is 0.416 e. The highest BCUT2D eigenvalue weighted by molar-refractivity contribution is 5.90. The van der Waals surface area contributed by atoms with Crippen LogP contribution in [0.2, 0.25) is 0 Å². The molecule has 0 radical (unpaired) electrons. The van der Waals surface area contributed by atoms with Gasteiger partial charge in [-0.25, -0.2) is 14.6 Å². The van der Waals surface area contributed by atoms with Gasteiger partial charge in [0.25, 0.3) is 0 Å². The zero-order valence-electron chi connectivity index (χ0n) is 14.4. The zero-order valence-corrected chi connectivity index (χ0v) is 14.4. The van der Waals surface area contributed by atoms with Gasteiger partial charge in [-0.1, -0.05) is 0 Å². The fourth-order valence-corrected chi connectivity index (χ4v) is 2.04. The second-order valence-electron chi connectivity index (χ2n) is 6.12. The molecule has 2 heterocycles. The summed E-state index contributed by atoms with van der Waals surface area (Å²) < 4.78 is 15.8. The van der Waals surface area contributed by atoms with Crippen LogP contribution in [0.3, 0.4) is 0 Å². The number of hydrogen-bond donors (Lipinski definition) is 0. The van der Waals surface area contributed by atoms with Crippen molar-refractivity contribution >= 4 is 24.0 Å². The molecule has 0 saturated carbocycles. The monoisotopic (exact) mass is 334 g/mol. The van der Waals surface area contributed by atoms with Crippen molar-refractivity contribution in [1.29, 1.82) is 0 Å². The molecule has 0 atom stereocenters. The lowest BCUT2D eigenvalue weighted by Gasteiger charge is -2.30. The number of aromatic nitrogens is 1. The molecule has 1 amide bonds. The van der Waals surface area contributed by atoms with E-state index >= 15 is 0 Å². The largest absolute Gasteiger partial charge is 0.488 e. The van der Waals surface area contributed by atoms with E-state index in [1.165, 1.54) is 17.1 Å². The number of pyridine rings is 1. The van der Waals surface area contributed by atoms with Gasteiger partial charge < -0.3 is 14.2 Å². The van der Waals surface area contributed by atoms with E-state index in [0.29, 0.717) is 37.0 Å². The summed E-state index contributed by atoms with van der Waals surface area (Å²) in [5, 5.41) is 0. The number of anilines is 1. The van der Waals surface area contributed by atoms with Crippen LogP contribution < -0.4 is 9.64 Å². The molecule has 1 aliphatic rings. The third-order valence-electron chi connectivity index (χ3n) is 2.98. The highest BCUT2D eigenvalue weighted by Crippen LogP contribution is 2.31. The Balaban J connectivity index is 2.23. The van der Waals surface area contributed by atoms with Gasteiger partial charge in [-0.05, 0) is 45.9 Å². The van der Waals surface area contributed by atoms with E-state index in [2.05, 4.69) is 4.98 Å². The average Bonchev–Trinajstić information content (AvgIpc) is 2.50. The normalized spacial score (nSPS) is 14.1. The predicted molar refractivity (Wildman–Crippen MR) is 89.0 cm³/mol. The maximum atomic E-state index is 12.4. The molecule has 0 spiro atoms. The van der Waals surface area contributed by atoms with Gasteiger partial charge in [-0.3, -0.25) is 4.90 Å². The van der Waals surface area contributed by atoms with Gasteiger partial charge in [0, 0.05) is 6.08 Å². The van der Waals surface area contributed by atoms with Gasteiger partial charge in [-0.15, -0.1) is 0 Å². The second kappa shape index (κ2) is 7.33. The van der Waals surface area contributed by atoms with Crippen molar-refractivity contribution in [2.24, 2.45) is 0 Å². The summed E-state index contributed by atoms with van der Waals surface area (Å²) in [4.78, 5) is 29.6. The van der Waals surface area contributed by atoms with Crippen LogP contribution in [0, 0.1) is 0 Å². The SMILES string of the molecule is CCOC(=O)/C=C/c1ccc2c(n1)N(C(=O)OC(C)(C)C)CCO2. The molecule has 7 nitrogen and oxygen atoms in total. The van der Waals surface area contributed by atoms with Crippen molar-refractivity contribution in [3.63, 3.8) is 0 Å². The van der Waals surface area contributed by atoms with Crippen LogP contribution in [0.1, 0.15) is 33.4 Å². The van der Waals surface area contributed by atoms with Crippen LogP contribution >= 0.6 is 0 Å². The molecule has 24 heavy (non-hydrogen) atoms. The fourth-order valence-electron chi connectivity index (χ4n) is 2.04. The molecule has 0 bridgehead atoms. The maximum absolute atomic E-state index is 12.4. The summed E-state index contributed by atoms with van der Waals surface area (Å²) in [6.07, 6.45) is 2.34. The first kappa shape index (κ1) is 17.8. The summed E-state index contributed by atoms with van der Waals surface area (Å²) >= 11 is 0. The smallest absolute Gasteiger partial charge is 0.416 e. The van der Waals surface area contributed by atoms with Crippen LogP contribution in [0.4, 0.5) is 10.6 Å². The summed E-state index contributed by atoms with van der Waals surface area (Å²) in [5.41, 5.74) is -0.0855. The van der Waals surface area contributed by atoms with Gasteiger partial charge >= 0.3 is 12.1 Å². The predicted octanol–water partition coefficient (Wildman–Crippen LogP) is 2.79. The van der Waals surface area contributed by atoms with E-state index in [-0.39, 0.29) is 0 Å². The highest BCUT2D eigenvalue weighted by atomic mass is 16.6. The van der Waals surface area contributed by atoms with Gasteiger partial charge in [0.2, 0.25) is 0 Å². The Morgan fingerprint density at radius 2 is 2.12 bits per heavy atom. The van der Waals surface area contributed by atoms with Crippen molar-refractivity contribution in [3.05, 3.63) is 23.9 Å². The van der Waals surface area contributed by atoms with Crippen molar-refractivity contribution in [2.75, 3.05) is 24.7 Å². The standard InChI is InChI=1S/C17H22N2O5/c1-5-22-14(20)9-7-12-6-8-13-15(18-12)19(10-11-23-13)16(21)24-17(2,3)4/h6-9H,5,10-11H2,1-4H3/b9-7+. The van der Waals surface area contributed by atoms with Crippen molar-refractivity contribution in [1.82, 2.24) is 4.98 Å². The topological polar surface area (TPSA) is 78.0 Å². The Labute approximate surface area is 141 Å². The van der Waals surface area contributed by atoms with E-state index in [9.17, 15) is 9.59 Å². The number of esters is 1. The molecular formula is C17H22N2O5. The first-order chi connectivity index (χ1) is 11.3. The minimum atomic E-state index is -0.600. The molecule has 0 aliphatic carbocycles. The molecule has 1 aromatic rings. The summed E-state index contributed by atoms with van der Waals surface area (Å²) in [5.74, 6) is 0.430. The van der Waals surface area contributed by atoms with Crippen molar-refractivity contribution in [2.45, 2.75) is 33.3 Å². The Bertz CT molecular complexity index is 649. The average molecular weight is 334 g/mol. The lowest BCUT2D eigenvalue weighted by molar-refractivity contribution is -0.137. The number of fused-ring (bicyclic) bond motifs is 1. The Hall–Kier alpha value is -2.57. The molecule has 0 N–H and O–H groups in total. The first-order valence-electron chi connectivity index (χ1n) is 7.79. The molecule has 7 heteroatoms. The Morgan fingerprint density at radius 3 is 2.79 bits per heavy atom. The van der Waals surface area contributed by atoms with Crippen LogP contribution in [0.25, 0.3) is 6.08 Å². The van der Waals surface area contributed by atoms with Gasteiger partial charge in [0.05, 0.1) is 18.8 Å². The highest BCUT2D eigenvalue weighted by Gasteiger charge is 2.29. The minimum absolute atomic E-state index is 0.307. The van der Waals surface area contributed by atoms with Gasteiger partial charge in [-0.2, -0.15) is 0 Å².